The van der Waals surface area contributed by atoms with Gasteiger partial charge >= 0.3 is 0 Å². The van der Waals surface area contributed by atoms with Gasteiger partial charge in [0.1, 0.15) is 5.01 Å². The average molecular weight is 219 g/mol. The van der Waals surface area contributed by atoms with Gasteiger partial charge in [-0.1, -0.05) is 37.6 Å². The fourth-order valence-corrected chi connectivity index (χ4v) is 2.05. The lowest BCUT2D eigenvalue weighted by molar-refractivity contribution is 0.922. The smallest absolute Gasteiger partial charge is 0.232 e. The molecule has 3 nitrogen and oxygen atoms in total. The average Bonchev–Trinajstić information content (AvgIpc) is 2.67. The highest BCUT2D eigenvalue weighted by molar-refractivity contribution is 7.09. The van der Waals surface area contributed by atoms with Gasteiger partial charge in [0.15, 0.2) is 0 Å². The minimum atomic E-state index is 0.354. The van der Waals surface area contributed by atoms with Crippen LogP contribution >= 0.6 is 11.5 Å². The summed E-state index contributed by atoms with van der Waals surface area (Å²) in [5, 5.41) is 0.885. The van der Waals surface area contributed by atoms with Gasteiger partial charge in [-0.05, 0) is 23.5 Å². The van der Waals surface area contributed by atoms with Crippen LogP contribution in [0, 0.1) is 0 Å². The van der Waals surface area contributed by atoms with Crippen LogP contribution in [0.1, 0.15) is 18.9 Å². The van der Waals surface area contributed by atoms with Crippen molar-refractivity contribution in [3.8, 4) is 10.6 Å². The Labute approximate surface area is 93.1 Å². The molecule has 0 unspecified atom stereocenters. The van der Waals surface area contributed by atoms with E-state index in [9.17, 15) is 0 Å². The van der Waals surface area contributed by atoms with Crippen LogP contribution < -0.4 is 5.73 Å². The second kappa shape index (κ2) is 4.40. The Morgan fingerprint density at radius 2 is 2.00 bits per heavy atom. The van der Waals surface area contributed by atoms with Crippen LogP contribution in [0.15, 0.2) is 24.3 Å². The highest BCUT2D eigenvalue weighted by atomic mass is 32.1. The standard InChI is InChI=1S/C11H13N3S/c1-2-3-8-4-6-9(7-5-8)10-13-11(12)14-15-10/h4-7H,2-3H2,1H3,(H2,12,14). The molecule has 1 aromatic heterocycles. The summed E-state index contributed by atoms with van der Waals surface area (Å²) in [6, 6.07) is 8.42. The Balaban J connectivity index is 2.23. The van der Waals surface area contributed by atoms with Gasteiger partial charge in [-0.15, -0.1) is 0 Å². The summed E-state index contributed by atoms with van der Waals surface area (Å²) in [6.07, 6.45) is 2.30. The largest absolute Gasteiger partial charge is 0.367 e. The summed E-state index contributed by atoms with van der Waals surface area (Å²) >= 11 is 1.34. The van der Waals surface area contributed by atoms with Crippen LogP contribution in [-0.2, 0) is 6.42 Å². The number of nitrogens with two attached hydrogens (primary N) is 1. The van der Waals surface area contributed by atoms with Gasteiger partial charge in [0.05, 0.1) is 0 Å². The lowest BCUT2D eigenvalue weighted by Crippen LogP contribution is -1.86. The molecule has 2 N–H and O–H groups in total. The Morgan fingerprint density at radius 1 is 1.27 bits per heavy atom. The van der Waals surface area contributed by atoms with Crippen molar-refractivity contribution in [1.82, 2.24) is 9.36 Å². The molecule has 0 bridgehead atoms. The highest BCUT2D eigenvalue weighted by Gasteiger charge is 2.03. The SMILES string of the molecule is CCCc1ccc(-c2nc(N)ns2)cc1. The van der Waals surface area contributed by atoms with E-state index in [1.54, 1.807) is 0 Å². The molecule has 0 radical (unpaired) electrons. The zero-order chi connectivity index (χ0) is 10.7. The molecule has 0 saturated carbocycles. The predicted molar refractivity (Wildman–Crippen MR) is 63.8 cm³/mol. The van der Waals surface area contributed by atoms with E-state index in [-0.39, 0.29) is 0 Å². The second-order valence-electron chi connectivity index (χ2n) is 3.40. The van der Waals surface area contributed by atoms with E-state index in [1.807, 2.05) is 0 Å². The quantitative estimate of drug-likeness (QED) is 0.863. The monoisotopic (exact) mass is 219 g/mol. The molecule has 2 rings (SSSR count). The molecule has 0 amide bonds. The molecule has 2 aromatic rings. The van der Waals surface area contributed by atoms with Gasteiger partial charge in [-0.2, -0.15) is 9.36 Å². The number of benzene rings is 1. The normalized spacial score (nSPS) is 10.5. The summed E-state index contributed by atoms with van der Waals surface area (Å²) in [5.41, 5.74) is 7.93. The van der Waals surface area contributed by atoms with Gasteiger partial charge in [-0.25, -0.2) is 0 Å². The van der Waals surface area contributed by atoms with Crippen LogP contribution in [0.5, 0.6) is 0 Å². The summed E-state index contributed by atoms with van der Waals surface area (Å²) < 4.78 is 3.96. The van der Waals surface area contributed by atoms with Crippen LogP contribution in [0.4, 0.5) is 5.95 Å². The molecular formula is C11H13N3S. The molecule has 0 spiro atoms. The molecule has 0 aliphatic heterocycles. The van der Waals surface area contributed by atoms with Crippen molar-refractivity contribution in [1.29, 1.82) is 0 Å². The molecule has 0 saturated heterocycles. The fraction of sp³-hybridized carbons (Fsp3) is 0.273. The van der Waals surface area contributed by atoms with Crippen molar-refractivity contribution < 1.29 is 0 Å². The number of nitrogen functional groups attached to an aromatic ring is 1. The first-order chi connectivity index (χ1) is 7.29. The second-order valence-corrected chi connectivity index (χ2v) is 4.16. The summed E-state index contributed by atoms with van der Waals surface area (Å²) in [4.78, 5) is 4.14. The molecule has 1 heterocycles. The number of aryl methyl sites for hydroxylation is 1. The number of anilines is 1. The topological polar surface area (TPSA) is 51.8 Å². The maximum Gasteiger partial charge on any atom is 0.232 e. The number of hydrogen-bond donors (Lipinski definition) is 1. The van der Waals surface area contributed by atoms with Crippen LogP contribution in [-0.4, -0.2) is 9.36 Å². The summed E-state index contributed by atoms with van der Waals surface area (Å²) in [7, 11) is 0. The Morgan fingerprint density at radius 3 is 2.53 bits per heavy atom. The van der Waals surface area contributed by atoms with E-state index >= 15 is 0 Å². The maximum atomic E-state index is 5.48. The molecular weight excluding hydrogens is 206 g/mol. The van der Waals surface area contributed by atoms with Crippen molar-refractivity contribution >= 4 is 17.5 Å². The van der Waals surface area contributed by atoms with E-state index in [1.165, 1.54) is 23.5 Å². The number of rotatable bonds is 3. The van der Waals surface area contributed by atoms with Gasteiger partial charge in [0, 0.05) is 5.56 Å². The summed E-state index contributed by atoms with van der Waals surface area (Å²) in [6.45, 7) is 2.18. The van der Waals surface area contributed by atoms with Gasteiger partial charge in [0.2, 0.25) is 5.95 Å². The van der Waals surface area contributed by atoms with Crippen molar-refractivity contribution in [2.24, 2.45) is 0 Å². The van der Waals surface area contributed by atoms with E-state index in [4.69, 9.17) is 5.73 Å². The molecule has 78 valence electrons. The van der Waals surface area contributed by atoms with Gasteiger partial charge < -0.3 is 5.73 Å². The number of aromatic nitrogens is 2. The summed E-state index contributed by atoms with van der Waals surface area (Å²) in [5.74, 6) is 0.354. The van der Waals surface area contributed by atoms with E-state index in [2.05, 4.69) is 40.5 Å². The number of nitrogens with zero attached hydrogens (tertiary/aromatic N) is 2. The van der Waals surface area contributed by atoms with Crippen LogP contribution in [0.25, 0.3) is 10.6 Å². The lowest BCUT2D eigenvalue weighted by atomic mass is 10.1. The maximum absolute atomic E-state index is 5.48. The molecule has 0 atom stereocenters. The minimum absolute atomic E-state index is 0.354. The molecule has 4 heteroatoms. The van der Waals surface area contributed by atoms with Crippen LogP contribution in [0.3, 0.4) is 0 Å². The van der Waals surface area contributed by atoms with E-state index in [0.717, 1.165) is 17.0 Å². The van der Waals surface area contributed by atoms with Crippen LogP contribution in [0.2, 0.25) is 0 Å². The number of hydrogen-bond acceptors (Lipinski definition) is 4. The van der Waals surface area contributed by atoms with Gasteiger partial charge in [-0.3, -0.25) is 0 Å². The van der Waals surface area contributed by atoms with Crippen molar-refractivity contribution in [2.75, 3.05) is 5.73 Å². The Kier molecular flexibility index (Phi) is 2.97. The van der Waals surface area contributed by atoms with Crippen molar-refractivity contribution in [3.63, 3.8) is 0 Å². The Hall–Kier alpha value is -1.42. The van der Waals surface area contributed by atoms with Gasteiger partial charge in [0.25, 0.3) is 0 Å². The zero-order valence-corrected chi connectivity index (χ0v) is 9.42. The van der Waals surface area contributed by atoms with Crippen molar-refractivity contribution in [3.05, 3.63) is 29.8 Å². The first-order valence-corrected chi connectivity index (χ1v) is 5.75. The Bertz CT molecular complexity index is 433. The molecule has 0 aliphatic rings. The third-order valence-electron chi connectivity index (χ3n) is 2.18. The molecule has 15 heavy (non-hydrogen) atoms. The molecule has 0 aliphatic carbocycles. The first kappa shape index (κ1) is 10.1. The third kappa shape index (κ3) is 2.33. The van der Waals surface area contributed by atoms with Crippen molar-refractivity contribution in [2.45, 2.75) is 19.8 Å². The van der Waals surface area contributed by atoms with E-state index in [0.29, 0.717) is 5.95 Å². The third-order valence-corrected chi connectivity index (χ3v) is 2.96. The van der Waals surface area contributed by atoms with E-state index < -0.39 is 0 Å². The lowest BCUT2D eigenvalue weighted by Gasteiger charge is -1.99. The first-order valence-electron chi connectivity index (χ1n) is 4.98. The minimum Gasteiger partial charge on any atom is -0.367 e. The molecule has 1 aromatic carbocycles. The highest BCUT2D eigenvalue weighted by Crippen LogP contribution is 2.22. The zero-order valence-electron chi connectivity index (χ0n) is 8.60. The fourth-order valence-electron chi connectivity index (χ4n) is 1.45. The predicted octanol–water partition coefficient (Wildman–Crippen LogP) is 2.74. The molecule has 0 fully saturated rings.